The van der Waals surface area contributed by atoms with Gasteiger partial charge < -0.3 is 5.41 Å². The first-order valence-electron chi connectivity index (χ1n) is 11.0. The van der Waals surface area contributed by atoms with Gasteiger partial charge in [0.1, 0.15) is 0 Å². The molecule has 0 amide bonds. The zero-order chi connectivity index (χ0) is 25.8. The standard InChI is InChI=1S/C18H20N3.C10H14.2ClH.Fe/c1-11-9-12(2)18(13(3)10-11)20-15(5)17-8-6-7-16(21-17)14(4)19;1-8-6-4-5-7-9(2)10(8)3;;;/h6-10H,1-5H3;4,6-7H,5H2,1-3H3;2*1H;/q-1;;;;+3/p-2. The molecule has 0 saturated carbocycles. The van der Waals surface area contributed by atoms with Crippen LogP contribution in [0.3, 0.4) is 0 Å². The Morgan fingerprint density at radius 2 is 1.53 bits per heavy atom. The van der Waals surface area contributed by atoms with Crippen LogP contribution in [0.2, 0.25) is 0 Å². The minimum absolute atomic E-state index is 0.194. The van der Waals surface area contributed by atoms with Crippen LogP contribution in [-0.2, 0) is 13.1 Å². The summed E-state index contributed by atoms with van der Waals surface area (Å²) in [5.74, 6) is 0. The number of aliphatic imine (C=N–C) groups is 1. The van der Waals surface area contributed by atoms with E-state index in [9.17, 15) is 5.41 Å². The normalized spacial score (nSPS) is 13.2. The molecule has 0 atom stereocenters. The number of nitrogens with zero attached hydrogens (tertiary/aromatic N) is 3. The van der Waals surface area contributed by atoms with Crippen molar-refractivity contribution in [3.05, 3.63) is 98.8 Å². The summed E-state index contributed by atoms with van der Waals surface area (Å²) in [5.41, 5.74) is 11.2. The fourth-order valence-electron chi connectivity index (χ4n) is 3.49. The Labute approximate surface area is 220 Å². The summed E-state index contributed by atoms with van der Waals surface area (Å²) in [5, 5.41) is 9.55. The van der Waals surface area contributed by atoms with E-state index in [2.05, 4.69) is 76.9 Å². The summed E-state index contributed by atoms with van der Waals surface area (Å²) in [6.45, 7) is 16.3. The van der Waals surface area contributed by atoms with Crippen molar-refractivity contribution in [1.29, 1.82) is 0 Å². The first-order valence-corrected chi connectivity index (χ1v) is 14.0. The van der Waals surface area contributed by atoms with Crippen LogP contribution in [0.4, 0.5) is 5.69 Å². The van der Waals surface area contributed by atoms with E-state index < -0.39 is 0 Å². The molecule has 1 aliphatic rings. The van der Waals surface area contributed by atoms with Crippen LogP contribution in [0.15, 0.2) is 70.3 Å². The Morgan fingerprint density at radius 3 is 2.09 bits per heavy atom. The van der Waals surface area contributed by atoms with Crippen LogP contribution in [0.25, 0.3) is 5.41 Å². The van der Waals surface area contributed by atoms with Gasteiger partial charge in [-0.15, -0.1) is 0 Å². The number of halogens is 2. The molecule has 1 heterocycles. The molecule has 0 N–H and O–H groups in total. The van der Waals surface area contributed by atoms with Gasteiger partial charge in [0.15, 0.2) is 0 Å². The van der Waals surface area contributed by atoms with Gasteiger partial charge in [-0.1, -0.05) is 54.5 Å². The summed E-state index contributed by atoms with van der Waals surface area (Å²) in [7, 11) is 9.53. The molecule has 0 radical (unpaired) electrons. The average molecular weight is 539 g/mol. The van der Waals surface area contributed by atoms with Crippen molar-refractivity contribution in [2.24, 2.45) is 4.99 Å². The summed E-state index contributed by atoms with van der Waals surface area (Å²) < 4.78 is 0. The Hall–Kier alpha value is -1.97. The van der Waals surface area contributed by atoms with Crippen molar-refractivity contribution in [3.63, 3.8) is 0 Å². The maximum atomic E-state index is 9.55. The molecular formula is C28H34Cl2FeN3. The zero-order valence-corrected chi connectivity index (χ0v) is 23.9. The number of hydrogen-bond donors (Lipinski definition) is 0. The fourth-order valence-corrected chi connectivity index (χ4v) is 3.49. The summed E-state index contributed by atoms with van der Waals surface area (Å²) in [6, 6.07) is 9.84. The zero-order valence-electron chi connectivity index (χ0n) is 21.3. The molecule has 1 aromatic heterocycles. The second-order valence-corrected chi connectivity index (χ2v) is 10.1. The predicted molar refractivity (Wildman–Crippen MR) is 147 cm³/mol. The van der Waals surface area contributed by atoms with Gasteiger partial charge in [-0.25, -0.2) is 4.98 Å². The van der Waals surface area contributed by atoms with E-state index in [-0.39, 0.29) is 18.8 Å². The number of pyridine rings is 1. The quantitative estimate of drug-likeness (QED) is 0.284. The average Bonchev–Trinajstić information content (AvgIpc) is 2.92. The first kappa shape index (κ1) is 30.1. The van der Waals surface area contributed by atoms with Crippen molar-refractivity contribution in [1.82, 2.24) is 4.98 Å². The number of benzene rings is 1. The maximum absolute atomic E-state index is 9.55. The van der Waals surface area contributed by atoms with E-state index >= 15 is 0 Å². The molecule has 0 unspecified atom stereocenters. The van der Waals surface area contributed by atoms with Gasteiger partial charge >= 0.3 is 33.3 Å². The van der Waals surface area contributed by atoms with Crippen LogP contribution in [0, 0.1) is 20.8 Å². The number of allylic oxidation sites excluding steroid dienone is 6. The van der Waals surface area contributed by atoms with Crippen LogP contribution in [0.5, 0.6) is 0 Å². The van der Waals surface area contributed by atoms with Crippen molar-refractivity contribution in [2.45, 2.75) is 61.8 Å². The molecule has 0 spiro atoms. The van der Waals surface area contributed by atoms with Gasteiger partial charge in [-0.3, -0.25) is 4.99 Å². The van der Waals surface area contributed by atoms with E-state index in [1.54, 1.807) is 13.0 Å². The minimum atomic E-state index is 0.194. The van der Waals surface area contributed by atoms with Gasteiger partial charge in [-0.2, -0.15) is 5.71 Å². The molecule has 183 valence electrons. The van der Waals surface area contributed by atoms with Crippen LogP contribution in [0.1, 0.15) is 69.1 Å². The SMILES string of the molecule is CC(=[N-])c1cccc(C(C)=Nc2c(C)cc(C)cc2C)n1.CC1=CCC=CC(C)=C1C.[Cl][Fe+][Cl]. The van der Waals surface area contributed by atoms with Crippen molar-refractivity contribution < 1.29 is 13.1 Å². The molecule has 2 aromatic rings. The molecule has 1 aliphatic carbocycles. The second kappa shape index (κ2) is 15.1. The van der Waals surface area contributed by atoms with Crippen LogP contribution in [-0.4, -0.2) is 16.4 Å². The summed E-state index contributed by atoms with van der Waals surface area (Å²) in [6.07, 6.45) is 7.75. The van der Waals surface area contributed by atoms with E-state index in [1.165, 1.54) is 22.3 Å². The van der Waals surface area contributed by atoms with Gasteiger partial charge in [0, 0.05) is 5.69 Å². The molecule has 0 fully saturated rings. The van der Waals surface area contributed by atoms with Crippen LogP contribution >= 0.6 is 20.2 Å². The molecule has 34 heavy (non-hydrogen) atoms. The van der Waals surface area contributed by atoms with Crippen molar-refractivity contribution in [2.75, 3.05) is 0 Å². The fraction of sp³-hybridized carbons (Fsp3) is 0.321. The van der Waals surface area contributed by atoms with Gasteiger partial charge in [0.05, 0.1) is 17.1 Å². The third-order valence-corrected chi connectivity index (χ3v) is 5.52. The third-order valence-electron chi connectivity index (χ3n) is 5.52. The predicted octanol–water partition coefficient (Wildman–Crippen LogP) is 9.13. The third kappa shape index (κ3) is 9.72. The summed E-state index contributed by atoms with van der Waals surface area (Å²) >= 11 is 0.194. The molecule has 0 aliphatic heterocycles. The van der Waals surface area contributed by atoms with Gasteiger partial charge in [0.25, 0.3) is 0 Å². The Kier molecular flexibility index (Phi) is 13.4. The Balaban J connectivity index is 0.000000369. The van der Waals surface area contributed by atoms with Gasteiger partial charge in [0.2, 0.25) is 0 Å². The first-order chi connectivity index (χ1) is 16.0. The van der Waals surface area contributed by atoms with E-state index in [4.69, 9.17) is 25.2 Å². The topological polar surface area (TPSA) is 47.5 Å². The Morgan fingerprint density at radius 1 is 0.971 bits per heavy atom. The molecule has 0 saturated heterocycles. The number of aryl methyl sites for hydroxylation is 3. The number of hydrogen-bond acceptors (Lipinski definition) is 2. The van der Waals surface area contributed by atoms with E-state index in [1.807, 2.05) is 19.1 Å². The monoisotopic (exact) mass is 538 g/mol. The van der Waals surface area contributed by atoms with Crippen molar-refractivity contribution >= 4 is 37.3 Å². The molecular weight excluding hydrogens is 505 g/mol. The molecule has 0 bridgehead atoms. The van der Waals surface area contributed by atoms with Crippen LogP contribution < -0.4 is 0 Å². The number of aromatic nitrogens is 1. The molecule has 3 nitrogen and oxygen atoms in total. The number of rotatable bonds is 3. The Bertz CT molecular complexity index is 1110. The second-order valence-electron chi connectivity index (χ2n) is 8.32. The van der Waals surface area contributed by atoms with Crippen molar-refractivity contribution in [3.8, 4) is 0 Å². The van der Waals surface area contributed by atoms with E-state index in [0.717, 1.165) is 34.6 Å². The van der Waals surface area contributed by atoms with Gasteiger partial charge in [-0.05, 0) is 89.3 Å². The van der Waals surface area contributed by atoms with E-state index in [0.29, 0.717) is 5.69 Å². The summed E-state index contributed by atoms with van der Waals surface area (Å²) in [4.78, 5) is 9.16. The molecule has 1 aromatic carbocycles. The molecule has 6 heteroatoms. The molecule has 3 rings (SSSR count).